The molecule has 7 heteroatoms. The van der Waals surface area contributed by atoms with Crippen molar-refractivity contribution in [3.63, 3.8) is 0 Å². The van der Waals surface area contributed by atoms with E-state index in [0.29, 0.717) is 6.61 Å². The molecular weight excluding hydrogens is 506 g/mol. The van der Waals surface area contributed by atoms with Crippen LogP contribution in [0.1, 0.15) is 32.8 Å². The molecule has 1 saturated carbocycles. The van der Waals surface area contributed by atoms with Gasteiger partial charge in [-0.15, -0.1) is 0 Å². The lowest BCUT2D eigenvalue weighted by molar-refractivity contribution is -0.147. The van der Waals surface area contributed by atoms with Crippen molar-refractivity contribution >= 4 is 60.0 Å². The topological polar surface area (TPSA) is 47.9 Å². The number of ether oxygens (including phenoxy) is 1. The number of oxime groups is 1. The first-order valence-corrected chi connectivity index (χ1v) is 10.1. The zero-order chi connectivity index (χ0) is 17.9. The second kappa shape index (κ2) is 8.32. The monoisotopic (exact) mass is 523 g/mol. The molecule has 1 fully saturated rings. The van der Waals surface area contributed by atoms with Crippen molar-refractivity contribution < 1.29 is 14.4 Å². The molecule has 1 aromatic rings. The third kappa shape index (κ3) is 4.61. The average molecular weight is 526 g/mol. The zero-order valence-corrected chi connectivity index (χ0v) is 18.6. The molecule has 4 nitrogen and oxygen atoms in total. The Labute approximate surface area is 167 Å². The van der Waals surface area contributed by atoms with Crippen LogP contribution in [0.15, 0.2) is 30.7 Å². The number of halogens is 3. The lowest BCUT2D eigenvalue weighted by atomic mass is 10.1. The smallest absolute Gasteiger partial charge is 0.310 e. The first kappa shape index (κ1) is 19.9. The Morgan fingerprint density at radius 3 is 2.50 bits per heavy atom. The van der Waals surface area contributed by atoms with E-state index >= 15 is 0 Å². The SMILES string of the molecule is CCCO/N=C/C1C(C(=O)OCc2c(Br)cc(Br)cc2Br)C1(C)C. The fraction of sp³-hybridized carbons (Fsp3) is 0.529. The zero-order valence-electron chi connectivity index (χ0n) is 13.8. The molecule has 0 aliphatic heterocycles. The molecule has 0 N–H and O–H groups in total. The molecule has 132 valence electrons. The van der Waals surface area contributed by atoms with Gasteiger partial charge in [0.05, 0.1) is 5.92 Å². The number of carbonyl (C=O) groups is 1. The average Bonchev–Trinajstić information content (AvgIpc) is 3.03. The molecule has 1 aliphatic rings. The van der Waals surface area contributed by atoms with Crippen molar-refractivity contribution in [1.29, 1.82) is 0 Å². The Morgan fingerprint density at radius 2 is 1.92 bits per heavy atom. The van der Waals surface area contributed by atoms with Crippen molar-refractivity contribution in [3.05, 3.63) is 31.1 Å². The Hall–Kier alpha value is -0.400. The highest BCUT2D eigenvalue weighted by molar-refractivity contribution is 9.11. The van der Waals surface area contributed by atoms with E-state index in [2.05, 4.69) is 52.9 Å². The Bertz CT molecular complexity index is 623. The highest BCUT2D eigenvalue weighted by Crippen LogP contribution is 2.57. The minimum absolute atomic E-state index is 0.0543. The van der Waals surface area contributed by atoms with Crippen LogP contribution in [0, 0.1) is 17.3 Å². The highest BCUT2D eigenvalue weighted by atomic mass is 79.9. The van der Waals surface area contributed by atoms with Crippen LogP contribution < -0.4 is 0 Å². The van der Waals surface area contributed by atoms with Crippen LogP contribution in [-0.4, -0.2) is 18.8 Å². The molecule has 1 aromatic carbocycles. The maximum Gasteiger partial charge on any atom is 0.310 e. The molecule has 24 heavy (non-hydrogen) atoms. The third-order valence-electron chi connectivity index (χ3n) is 4.22. The Morgan fingerprint density at radius 1 is 1.29 bits per heavy atom. The largest absolute Gasteiger partial charge is 0.460 e. The van der Waals surface area contributed by atoms with Gasteiger partial charge in [0.25, 0.3) is 0 Å². The van der Waals surface area contributed by atoms with Gasteiger partial charge in [-0.1, -0.05) is 73.7 Å². The standard InChI is InChI=1S/C17H20Br3NO3/c1-4-5-24-21-8-12-15(17(12,2)3)16(22)23-9-11-13(19)6-10(18)7-14(11)20/h6-8,12,15H,4-5,9H2,1-3H3/b21-8+. The van der Waals surface area contributed by atoms with E-state index in [1.165, 1.54) is 0 Å². The van der Waals surface area contributed by atoms with Crippen LogP contribution >= 0.6 is 47.8 Å². The summed E-state index contributed by atoms with van der Waals surface area (Å²) < 4.78 is 8.25. The summed E-state index contributed by atoms with van der Waals surface area (Å²) in [5, 5.41) is 3.95. The molecule has 0 bridgehead atoms. The molecule has 1 aliphatic carbocycles. The lowest BCUT2D eigenvalue weighted by Crippen LogP contribution is -2.11. The molecule has 0 aromatic heterocycles. The predicted molar refractivity (Wildman–Crippen MR) is 105 cm³/mol. The number of hydrogen-bond donors (Lipinski definition) is 0. The van der Waals surface area contributed by atoms with Crippen LogP contribution in [0.25, 0.3) is 0 Å². The fourth-order valence-corrected chi connectivity index (χ4v) is 5.09. The van der Waals surface area contributed by atoms with Gasteiger partial charge in [0.1, 0.15) is 13.2 Å². The summed E-state index contributed by atoms with van der Waals surface area (Å²) in [4.78, 5) is 17.5. The van der Waals surface area contributed by atoms with Gasteiger partial charge in [0, 0.05) is 31.1 Å². The maximum atomic E-state index is 12.4. The maximum absolute atomic E-state index is 12.4. The summed E-state index contributed by atoms with van der Waals surface area (Å²) in [5.41, 5.74) is 0.756. The molecule has 0 saturated heterocycles. The third-order valence-corrected chi connectivity index (χ3v) is 6.09. The van der Waals surface area contributed by atoms with E-state index in [0.717, 1.165) is 25.4 Å². The first-order valence-electron chi connectivity index (χ1n) is 7.74. The van der Waals surface area contributed by atoms with Crippen molar-refractivity contribution in [1.82, 2.24) is 0 Å². The number of nitrogens with zero attached hydrogens (tertiary/aromatic N) is 1. The van der Waals surface area contributed by atoms with Gasteiger partial charge >= 0.3 is 5.97 Å². The Kier molecular flexibility index (Phi) is 6.90. The van der Waals surface area contributed by atoms with Crippen LogP contribution in [-0.2, 0) is 21.0 Å². The molecule has 0 amide bonds. The van der Waals surface area contributed by atoms with Crippen LogP contribution in [0.3, 0.4) is 0 Å². The minimum Gasteiger partial charge on any atom is -0.460 e. The molecule has 2 atom stereocenters. The van der Waals surface area contributed by atoms with Crippen molar-refractivity contribution in [2.24, 2.45) is 22.4 Å². The van der Waals surface area contributed by atoms with Gasteiger partial charge in [-0.25, -0.2) is 0 Å². The minimum atomic E-state index is -0.200. The summed E-state index contributed by atoms with van der Waals surface area (Å²) in [6.07, 6.45) is 2.64. The van der Waals surface area contributed by atoms with Crippen LogP contribution in [0.4, 0.5) is 0 Å². The lowest BCUT2D eigenvalue weighted by Gasteiger charge is -2.10. The van der Waals surface area contributed by atoms with Crippen molar-refractivity contribution in [2.45, 2.75) is 33.8 Å². The molecule has 0 spiro atoms. The van der Waals surface area contributed by atoms with Gasteiger partial charge in [-0.2, -0.15) is 0 Å². The van der Waals surface area contributed by atoms with E-state index in [1.807, 2.05) is 32.9 Å². The molecular formula is C17H20Br3NO3. The quantitative estimate of drug-likeness (QED) is 0.198. The van der Waals surface area contributed by atoms with E-state index in [1.54, 1.807) is 6.21 Å². The van der Waals surface area contributed by atoms with Gasteiger partial charge in [0.2, 0.25) is 0 Å². The van der Waals surface area contributed by atoms with Crippen LogP contribution in [0.2, 0.25) is 0 Å². The summed E-state index contributed by atoms with van der Waals surface area (Å²) in [5.74, 6) is -0.327. The summed E-state index contributed by atoms with van der Waals surface area (Å²) in [6, 6.07) is 3.85. The number of hydrogen-bond acceptors (Lipinski definition) is 4. The molecule has 2 rings (SSSR count). The summed E-state index contributed by atoms with van der Waals surface area (Å²) in [7, 11) is 0. The second-order valence-corrected chi connectivity index (χ2v) is 8.99. The Balaban J connectivity index is 1.95. The first-order chi connectivity index (χ1) is 11.3. The summed E-state index contributed by atoms with van der Waals surface area (Å²) >= 11 is 10.4. The van der Waals surface area contributed by atoms with Crippen molar-refractivity contribution in [3.8, 4) is 0 Å². The molecule has 0 heterocycles. The predicted octanol–water partition coefficient (Wildman–Crippen LogP) is 5.70. The van der Waals surface area contributed by atoms with Crippen molar-refractivity contribution in [2.75, 3.05) is 6.61 Å². The van der Waals surface area contributed by atoms with Gasteiger partial charge < -0.3 is 9.57 Å². The van der Waals surface area contributed by atoms with E-state index in [-0.39, 0.29) is 29.8 Å². The molecule has 2 unspecified atom stereocenters. The number of carbonyl (C=O) groups excluding carboxylic acids is 1. The van der Waals surface area contributed by atoms with Gasteiger partial charge in [-0.3, -0.25) is 4.79 Å². The van der Waals surface area contributed by atoms with Gasteiger partial charge in [0.15, 0.2) is 0 Å². The van der Waals surface area contributed by atoms with Crippen LogP contribution in [0.5, 0.6) is 0 Å². The fourth-order valence-electron chi connectivity index (χ4n) is 2.60. The highest BCUT2D eigenvalue weighted by Gasteiger charge is 2.62. The number of esters is 1. The molecule has 0 radical (unpaired) electrons. The van der Waals surface area contributed by atoms with E-state index in [9.17, 15) is 4.79 Å². The second-order valence-electron chi connectivity index (χ2n) is 6.37. The number of rotatable bonds is 7. The normalized spacial score (nSPS) is 21.8. The van der Waals surface area contributed by atoms with Gasteiger partial charge in [-0.05, 0) is 24.0 Å². The number of benzene rings is 1. The summed E-state index contributed by atoms with van der Waals surface area (Å²) in [6.45, 7) is 6.91. The van der Waals surface area contributed by atoms with E-state index < -0.39 is 0 Å². The van der Waals surface area contributed by atoms with E-state index in [4.69, 9.17) is 9.57 Å².